The summed E-state index contributed by atoms with van der Waals surface area (Å²) in [6, 6.07) is 32.1. The van der Waals surface area contributed by atoms with E-state index in [-0.39, 0.29) is 20.9 Å². The average molecular weight is 593 g/mol. The Morgan fingerprint density at radius 1 is 0.857 bits per heavy atom. The van der Waals surface area contributed by atoms with E-state index >= 15 is 0 Å². The van der Waals surface area contributed by atoms with Crippen molar-refractivity contribution >= 4 is 42.8 Å². The van der Waals surface area contributed by atoms with E-state index in [2.05, 4.69) is 94.2 Å². The molecule has 1 aliphatic rings. The van der Waals surface area contributed by atoms with Crippen LogP contribution in [0.4, 0.5) is 0 Å². The minimum absolute atomic E-state index is 0.0296. The van der Waals surface area contributed by atoms with Crippen LogP contribution in [0.5, 0.6) is 0 Å². The van der Waals surface area contributed by atoms with Gasteiger partial charge in [0.15, 0.2) is 0 Å². The van der Waals surface area contributed by atoms with Crippen LogP contribution in [0, 0.1) is 5.92 Å². The summed E-state index contributed by atoms with van der Waals surface area (Å²) in [7, 11) is -2.33. The molecule has 1 fully saturated rings. The van der Waals surface area contributed by atoms with Gasteiger partial charge in [0, 0.05) is 0 Å². The van der Waals surface area contributed by atoms with Crippen molar-refractivity contribution in [2.75, 3.05) is 13.2 Å². The molecule has 1 saturated carbocycles. The molecule has 1 aliphatic carbocycles. The normalized spacial score (nSPS) is 22.0. The Morgan fingerprint density at radius 2 is 1.34 bits per heavy atom. The number of esters is 1. The standard InChI is InChI=1S/C27H29O3Si.3CH3.Sn/c1-3-30-27(28)25-24(20-29-19-21-13-7-4-8-14-21)26(25)31(2,22-15-9-5-10-16-22)23-17-11-6-12-18-23;;;;/h4-18,25-26H,3,19-20H2,1-2H3;3*1H3;/t25-,26-;;;;/m1..../s1. The molecule has 3 nitrogen and oxygen atoms in total. The summed E-state index contributed by atoms with van der Waals surface area (Å²) in [4.78, 5) is 21.0. The Hall–Kier alpha value is -1.89. The van der Waals surface area contributed by atoms with Crippen molar-refractivity contribution in [3.63, 3.8) is 0 Å². The van der Waals surface area contributed by atoms with Crippen molar-refractivity contribution in [1.29, 1.82) is 0 Å². The Bertz CT molecular complexity index is 1080. The van der Waals surface area contributed by atoms with Gasteiger partial charge in [-0.3, -0.25) is 0 Å². The monoisotopic (exact) mass is 594 g/mol. The molecule has 3 aromatic carbocycles. The SMILES string of the molecule is CCOC(=O)[C@H]1[C@H]([Si](C)(c2ccccc2)c2ccccc2)[C@]1(COCc1ccccc1)[Sn]([CH3])([CH3])[CH3]. The quantitative estimate of drug-likeness (QED) is 0.222. The molecular formula is C30H38O3SiSn. The van der Waals surface area contributed by atoms with Crippen LogP contribution in [-0.2, 0) is 20.9 Å². The van der Waals surface area contributed by atoms with E-state index in [1.54, 1.807) is 0 Å². The van der Waals surface area contributed by atoms with Gasteiger partial charge in [-0.05, 0) is 0 Å². The summed E-state index contributed by atoms with van der Waals surface area (Å²) in [5, 5.41) is 2.76. The van der Waals surface area contributed by atoms with Crippen LogP contribution in [0.1, 0.15) is 12.5 Å². The van der Waals surface area contributed by atoms with Crippen LogP contribution in [0.3, 0.4) is 0 Å². The summed E-state index contributed by atoms with van der Waals surface area (Å²) in [5.74, 6) is -0.135. The van der Waals surface area contributed by atoms with E-state index in [9.17, 15) is 4.79 Å². The number of carbonyl (C=O) groups is 1. The van der Waals surface area contributed by atoms with Crippen molar-refractivity contribution in [3.8, 4) is 0 Å². The number of hydrogen-bond acceptors (Lipinski definition) is 3. The van der Waals surface area contributed by atoms with Gasteiger partial charge in [-0.15, -0.1) is 0 Å². The fraction of sp³-hybridized carbons (Fsp3) is 0.367. The molecule has 3 aromatic rings. The third kappa shape index (κ3) is 4.89. The third-order valence-electron chi connectivity index (χ3n) is 8.09. The predicted octanol–water partition coefficient (Wildman–Crippen LogP) is 5.74. The second-order valence-corrected chi connectivity index (χ2v) is 30.6. The van der Waals surface area contributed by atoms with Crippen LogP contribution in [-0.4, -0.2) is 45.6 Å². The predicted molar refractivity (Wildman–Crippen MR) is 150 cm³/mol. The number of ether oxygens (including phenoxy) is 2. The molecule has 0 bridgehead atoms. The number of hydrogen-bond donors (Lipinski definition) is 0. The molecule has 0 saturated heterocycles. The van der Waals surface area contributed by atoms with Gasteiger partial charge >= 0.3 is 217 Å². The van der Waals surface area contributed by atoms with Crippen LogP contribution >= 0.6 is 0 Å². The van der Waals surface area contributed by atoms with Crippen LogP contribution in [0.15, 0.2) is 91.0 Å². The summed E-state index contributed by atoms with van der Waals surface area (Å²) in [6.45, 7) is 5.98. The zero-order chi connectivity index (χ0) is 25.1. The zero-order valence-electron chi connectivity index (χ0n) is 21.7. The molecule has 35 heavy (non-hydrogen) atoms. The molecular weight excluding hydrogens is 555 g/mol. The van der Waals surface area contributed by atoms with Crippen LogP contribution in [0.25, 0.3) is 0 Å². The van der Waals surface area contributed by atoms with Crippen molar-refractivity contribution < 1.29 is 14.3 Å². The van der Waals surface area contributed by atoms with Gasteiger partial charge in [-0.1, -0.05) is 0 Å². The molecule has 0 unspecified atom stereocenters. The van der Waals surface area contributed by atoms with Gasteiger partial charge < -0.3 is 0 Å². The van der Waals surface area contributed by atoms with E-state index in [1.807, 2.05) is 25.1 Å². The maximum absolute atomic E-state index is 13.6. The number of rotatable bonds is 10. The van der Waals surface area contributed by atoms with E-state index in [1.165, 1.54) is 15.9 Å². The summed E-state index contributed by atoms with van der Waals surface area (Å²) >= 11 is -2.79. The van der Waals surface area contributed by atoms with Gasteiger partial charge in [0.1, 0.15) is 0 Å². The molecule has 0 spiro atoms. The van der Waals surface area contributed by atoms with Gasteiger partial charge in [0.05, 0.1) is 0 Å². The maximum atomic E-state index is 13.6. The summed E-state index contributed by atoms with van der Waals surface area (Å²) in [6.07, 6.45) is 0. The molecule has 0 heterocycles. The Kier molecular flexibility index (Phi) is 7.94. The average Bonchev–Trinajstić information content (AvgIpc) is 3.57. The van der Waals surface area contributed by atoms with E-state index in [0.29, 0.717) is 19.8 Å². The molecule has 5 heteroatoms. The van der Waals surface area contributed by atoms with Crippen molar-refractivity contribution in [3.05, 3.63) is 96.6 Å². The Labute approximate surface area is 215 Å². The molecule has 0 N–H and O–H groups in total. The first-order valence-corrected chi connectivity index (χ1v) is 25.2. The first-order chi connectivity index (χ1) is 16.8. The number of carbonyl (C=O) groups excluding carboxylic acids is 1. The Morgan fingerprint density at radius 3 is 1.80 bits per heavy atom. The second kappa shape index (κ2) is 10.6. The summed E-state index contributed by atoms with van der Waals surface area (Å²) < 4.78 is 12.1. The van der Waals surface area contributed by atoms with E-state index in [0.717, 1.165) is 0 Å². The third-order valence-corrected chi connectivity index (χ3v) is 24.2. The first kappa shape index (κ1) is 26.2. The molecule has 0 radical (unpaired) electrons. The second-order valence-electron chi connectivity index (χ2n) is 10.9. The van der Waals surface area contributed by atoms with Crippen LogP contribution < -0.4 is 10.4 Å². The zero-order valence-corrected chi connectivity index (χ0v) is 25.5. The van der Waals surface area contributed by atoms with Crippen LogP contribution in [0.2, 0.25) is 30.3 Å². The molecule has 4 rings (SSSR count). The molecule has 0 amide bonds. The molecule has 3 atom stereocenters. The van der Waals surface area contributed by atoms with Gasteiger partial charge in [-0.2, -0.15) is 0 Å². The van der Waals surface area contributed by atoms with Crippen molar-refractivity contribution in [1.82, 2.24) is 0 Å². The van der Waals surface area contributed by atoms with Crippen molar-refractivity contribution in [2.45, 2.75) is 43.9 Å². The van der Waals surface area contributed by atoms with Gasteiger partial charge in [-0.25, -0.2) is 0 Å². The topological polar surface area (TPSA) is 35.5 Å². The molecule has 184 valence electrons. The summed E-state index contributed by atoms with van der Waals surface area (Å²) in [5.41, 5.74) is 1.42. The van der Waals surface area contributed by atoms with E-state index < -0.39 is 26.5 Å². The fourth-order valence-corrected chi connectivity index (χ4v) is 25.1. The molecule has 0 aromatic heterocycles. The van der Waals surface area contributed by atoms with Gasteiger partial charge in [0.25, 0.3) is 0 Å². The number of benzene rings is 3. The van der Waals surface area contributed by atoms with Crippen molar-refractivity contribution in [2.24, 2.45) is 5.92 Å². The minimum atomic E-state index is -2.79. The Balaban J connectivity index is 1.81. The first-order valence-electron chi connectivity index (χ1n) is 12.7. The fourth-order valence-electron chi connectivity index (χ4n) is 6.20. The van der Waals surface area contributed by atoms with Gasteiger partial charge in [0.2, 0.25) is 0 Å². The molecule has 0 aliphatic heterocycles. The van der Waals surface area contributed by atoms with E-state index in [4.69, 9.17) is 9.47 Å².